The zero-order valence-electron chi connectivity index (χ0n) is 31.3. The van der Waals surface area contributed by atoms with E-state index in [4.69, 9.17) is 14.2 Å². The first-order valence-electron chi connectivity index (χ1n) is 19.1. The van der Waals surface area contributed by atoms with E-state index in [1.807, 2.05) is 49.0 Å². The van der Waals surface area contributed by atoms with Gasteiger partial charge in [0.2, 0.25) is 5.91 Å². The van der Waals surface area contributed by atoms with E-state index in [0.29, 0.717) is 58.7 Å². The second-order valence-corrected chi connectivity index (χ2v) is 13.3. The van der Waals surface area contributed by atoms with Crippen LogP contribution in [0, 0.1) is 0 Å². The number of carbonyl (C=O) groups is 2. The van der Waals surface area contributed by atoms with Crippen molar-refractivity contribution in [2.45, 2.75) is 70.6 Å². The van der Waals surface area contributed by atoms with Gasteiger partial charge < -0.3 is 30.2 Å². The van der Waals surface area contributed by atoms with Crippen molar-refractivity contribution in [2.75, 3.05) is 72.4 Å². The summed E-state index contributed by atoms with van der Waals surface area (Å²) in [5, 5.41) is 12.1. The number of aromatic nitrogens is 1. The van der Waals surface area contributed by atoms with Gasteiger partial charge in [-0.1, -0.05) is 60.7 Å². The van der Waals surface area contributed by atoms with Crippen molar-refractivity contribution >= 4 is 11.9 Å². The largest absolute Gasteiger partial charge is 0.381 e. The van der Waals surface area contributed by atoms with Crippen LogP contribution in [-0.2, 0) is 19.0 Å². The van der Waals surface area contributed by atoms with Crippen molar-refractivity contribution in [3.8, 4) is 11.1 Å². The summed E-state index contributed by atoms with van der Waals surface area (Å²) in [6, 6.07) is 24.9. The molecule has 2 heterocycles. The molecule has 0 spiro atoms. The van der Waals surface area contributed by atoms with Crippen molar-refractivity contribution < 1.29 is 28.4 Å². The molecule has 284 valence electrons. The molecule has 3 amide bonds. The predicted molar refractivity (Wildman–Crippen MR) is 205 cm³/mol. The van der Waals surface area contributed by atoms with E-state index in [1.54, 1.807) is 0 Å². The highest BCUT2D eigenvalue weighted by Crippen LogP contribution is 2.28. The van der Waals surface area contributed by atoms with E-state index in [-0.39, 0.29) is 24.2 Å². The number of nitrogens with one attached hydrogen (secondary N) is 4. The number of amides is 3. The molecule has 52 heavy (non-hydrogen) atoms. The van der Waals surface area contributed by atoms with Gasteiger partial charge in [0.05, 0.1) is 6.04 Å². The Morgan fingerprint density at radius 2 is 1.23 bits per heavy atom. The second kappa shape index (κ2) is 24.4. The Kier molecular flexibility index (Phi) is 19.2. The lowest BCUT2D eigenvalue weighted by Gasteiger charge is -2.35. The van der Waals surface area contributed by atoms with Gasteiger partial charge in [0.25, 0.3) is 6.23 Å². The first-order valence-corrected chi connectivity index (χ1v) is 19.1. The van der Waals surface area contributed by atoms with Crippen LogP contribution >= 0.6 is 0 Å². The highest BCUT2D eigenvalue weighted by Gasteiger charge is 2.27. The number of urea groups is 1. The standard InChI is InChI=1S/C41H60N6O5/c1-34(46-25-17-38(18-26-46)36-13-5-3-6-14-36)40(48)43-22-10-30-51-32-12-24-45-41(49)44-23-11-31-50-29-9-21-42-33-52-35(2)47-27-19-39(20-28-47)37-15-7-4-8-16-37/h3-8,13-16,19-20,27-28,34-35,38,42H,9-12,17-18,21-26,29-33H2,1-2H3,(H2-,43,44,45,48,49)/p+1. The van der Waals surface area contributed by atoms with Crippen LogP contribution in [0.3, 0.4) is 0 Å². The molecule has 2 aromatic carbocycles. The predicted octanol–water partition coefficient (Wildman–Crippen LogP) is 5.00. The normalized spacial score (nSPS) is 14.8. The van der Waals surface area contributed by atoms with Gasteiger partial charge >= 0.3 is 6.03 Å². The molecule has 11 heteroatoms. The summed E-state index contributed by atoms with van der Waals surface area (Å²) in [6.07, 6.45) is 9.33. The van der Waals surface area contributed by atoms with Crippen LogP contribution in [0.15, 0.2) is 85.2 Å². The van der Waals surface area contributed by atoms with Crippen LogP contribution in [0.1, 0.15) is 70.1 Å². The summed E-state index contributed by atoms with van der Waals surface area (Å²) in [6.45, 7) is 11.3. The number of nitrogens with zero attached hydrogens (tertiary/aromatic N) is 2. The Morgan fingerprint density at radius 1 is 0.712 bits per heavy atom. The third-order valence-electron chi connectivity index (χ3n) is 9.44. The Bertz CT molecular complexity index is 1390. The molecule has 0 saturated carbocycles. The molecule has 1 aliphatic rings. The number of carbonyl (C=O) groups excluding carboxylic acids is 2. The molecule has 0 bridgehead atoms. The molecule has 1 aromatic heterocycles. The second-order valence-electron chi connectivity index (χ2n) is 13.3. The van der Waals surface area contributed by atoms with E-state index in [1.165, 1.54) is 16.7 Å². The Labute approximate surface area is 310 Å². The number of piperidine rings is 1. The summed E-state index contributed by atoms with van der Waals surface area (Å²) < 4.78 is 19.3. The Balaban J connectivity index is 0.869. The van der Waals surface area contributed by atoms with Crippen LogP contribution in [0.2, 0.25) is 0 Å². The van der Waals surface area contributed by atoms with Crippen molar-refractivity contribution in [3.05, 3.63) is 90.8 Å². The maximum Gasteiger partial charge on any atom is 0.314 e. The molecule has 4 rings (SSSR count). The van der Waals surface area contributed by atoms with E-state index in [2.05, 4.69) is 80.8 Å². The van der Waals surface area contributed by atoms with Crippen molar-refractivity contribution in [1.29, 1.82) is 0 Å². The lowest BCUT2D eigenvalue weighted by molar-refractivity contribution is -0.758. The topological polar surface area (TPSA) is 117 Å². The van der Waals surface area contributed by atoms with E-state index in [0.717, 1.165) is 58.2 Å². The zero-order chi connectivity index (χ0) is 36.6. The lowest BCUT2D eigenvalue weighted by Crippen LogP contribution is -2.48. The highest BCUT2D eigenvalue weighted by atomic mass is 16.5. The van der Waals surface area contributed by atoms with Crippen molar-refractivity contribution in [2.24, 2.45) is 0 Å². The van der Waals surface area contributed by atoms with E-state index in [9.17, 15) is 9.59 Å². The molecule has 2 unspecified atom stereocenters. The quantitative estimate of drug-likeness (QED) is 0.0586. The first kappa shape index (κ1) is 40.9. The fraction of sp³-hybridized carbons (Fsp3) is 0.537. The van der Waals surface area contributed by atoms with Gasteiger partial charge in [-0.3, -0.25) is 15.0 Å². The number of rotatable bonds is 24. The Morgan fingerprint density at radius 3 is 1.83 bits per heavy atom. The van der Waals surface area contributed by atoms with Gasteiger partial charge in [-0.2, -0.15) is 4.57 Å². The van der Waals surface area contributed by atoms with Gasteiger partial charge in [0.1, 0.15) is 6.73 Å². The number of hydrogen-bond acceptors (Lipinski definition) is 7. The minimum absolute atomic E-state index is 0.0718. The number of ether oxygens (including phenoxy) is 3. The third-order valence-corrected chi connectivity index (χ3v) is 9.44. The number of benzene rings is 2. The van der Waals surface area contributed by atoms with Crippen molar-refractivity contribution in [1.82, 2.24) is 26.2 Å². The average Bonchev–Trinajstić information content (AvgIpc) is 3.19. The van der Waals surface area contributed by atoms with Gasteiger partial charge in [-0.15, -0.1) is 0 Å². The molecular weight excluding hydrogens is 656 g/mol. The van der Waals surface area contributed by atoms with Gasteiger partial charge in [0, 0.05) is 65.1 Å². The van der Waals surface area contributed by atoms with Gasteiger partial charge in [0.15, 0.2) is 12.4 Å². The molecular formula is C41H61N6O5+. The third kappa shape index (κ3) is 15.4. The Hall–Kier alpha value is -3.87. The molecule has 0 aliphatic carbocycles. The van der Waals surface area contributed by atoms with Gasteiger partial charge in [-0.25, -0.2) is 4.79 Å². The lowest BCUT2D eigenvalue weighted by atomic mass is 9.89. The molecule has 0 radical (unpaired) electrons. The fourth-order valence-electron chi connectivity index (χ4n) is 6.20. The summed E-state index contributed by atoms with van der Waals surface area (Å²) in [4.78, 5) is 26.9. The molecule has 3 aromatic rings. The summed E-state index contributed by atoms with van der Waals surface area (Å²) >= 11 is 0. The van der Waals surface area contributed by atoms with E-state index >= 15 is 0 Å². The molecule has 1 fully saturated rings. The van der Waals surface area contributed by atoms with Crippen molar-refractivity contribution in [3.63, 3.8) is 0 Å². The van der Waals surface area contributed by atoms with Crippen LogP contribution in [0.5, 0.6) is 0 Å². The van der Waals surface area contributed by atoms with Gasteiger partial charge in [-0.05, 0) is 87.7 Å². The fourth-order valence-corrected chi connectivity index (χ4v) is 6.20. The smallest absolute Gasteiger partial charge is 0.314 e. The molecule has 2 atom stereocenters. The summed E-state index contributed by atoms with van der Waals surface area (Å²) in [5.74, 6) is 0.669. The molecule has 11 nitrogen and oxygen atoms in total. The molecule has 4 N–H and O–H groups in total. The maximum atomic E-state index is 12.6. The number of hydrogen-bond donors (Lipinski definition) is 4. The maximum absolute atomic E-state index is 12.6. The number of likely N-dealkylation sites (tertiary alicyclic amines) is 1. The molecule has 1 saturated heterocycles. The summed E-state index contributed by atoms with van der Waals surface area (Å²) in [7, 11) is 0. The zero-order valence-corrected chi connectivity index (χ0v) is 31.3. The minimum atomic E-state index is -0.176. The van der Waals surface area contributed by atoms with Crippen LogP contribution in [-0.4, -0.2) is 95.3 Å². The monoisotopic (exact) mass is 717 g/mol. The first-order chi connectivity index (χ1) is 25.5. The number of pyridine rings is 1. The molecule has 1 aliphatic heterocycles. The summed E-state index contributed by atoms with van der Waals surface area (Å²) in [5.41, 5.74) is 3.78. The highest BCUT2D eigenvalue weighted by molar-refractivity contribution is 5.81. The van der Waals surface area contributed by atoms with Crippen LogP contribution in [0.4, 0.5) is 4.79 Å². The average molecular weight is 718 g/mol. The van der Waals surface area contributed by atoms with E-state index < -0.39 is 0 Å². The minimum Gasteiger partial charge on any atom is -0.381 e. The van der Waals surface area contributed by atoms with Crippen LogP contribution < -0.4 is 25.8 Å². The van der Waals surface area contributed by atoms with Crippen LogP contribution in [0.25, 0.3) is 11.1 Å². The SMILES string of the molecule is CC(C(=O)NCCCOCCCNC(=O)NCCCOCCCNCOC(C)[n+]1ccc(-c2ccccc2)cc1)N1CCC(c2ccccc2)CC1.